The summed E-state index contributed by atoms with van der Waals surface area (Å²) in [5.74, 6) is -0.620. The Labute approximate surface area is 455 Å². The summed E-state index contributed by atoms with van der Waals surface area (Å²) >= 11 is 0. The van der Waals surface area contributed by atoms with Gasteiger partial charge in [-0.3, -0.25) is 18.6 Å². The van der Waals surface area contributed by atoms with Crippen molar-refractivity contribution in [3.63, 3.8) is 0 Å². The number of amides is 1. The highest BCUT2D eigenvalue weighted by atomic mass is 31.2. The van der Waals surface area contributed by atoms with Gasteiger partial charge in [0.2, 0.25) is 5.91 Å². The summed E-state index contributed by atoms with van der Waals surface area (Å²) in [6.07, 6.45) is 72.5. The maximum atomic E-state index is 13.5. The van der Waals surface area contributed by atoms with E-state index >= 15 is 0 Å². The van der Waals surface area contributed by atoms with Crippen molar-refractivity contribution in [1.29, 1.82) is 0 Å². The van der Waals surface area contributed by atoms with Crippen molar-refractivity contribution in [2.24, 2.45) is 0 Å². The van der Waals surface area contributed by atoms with Crippen molar-refractivity contribution in [2.75, 3.05) is 40.9 Å². The number of unbranched alkanes of at least 4 members (excludes halogenated alkanes) is 20. The smallest absolute Gasteiger partial charge is 0.456 e. The molecule has 9 nitrogen and oxygen atoms in total. The molecule has 0 fully saturated rings. The van der Waals surface area contributed by atoms with Crippen molar-refractivity contribution in [2.45, 2.75) is 245 Å². The summed E-state index contributed by atoms with van der Waals surface area (Å²) in [4.78, 5) is 37.6. The fourth-order valence-electron chi connectivity index (χ4n) is 7.88. The van der Waals surface area contributed by atoms with Crippen LogP contribution in [-0.4, -0.2) is 74.3 Å². The number of quaternary nitrogens is 1. The van der Waals surface area contributed by atoms with Crippen LogP contribution in [0, 0.1) is 0 Å². The number of nitrogens with zero attached hydrogens (tertiary/aromatic N) is 1. The molecule has 10 heteroatoms. The molecule has 0 aromatic rings. The zero-order chi connectivity index (χ0) is 54.3. The van der Waals surface area contributed by atoms with Crippen LogP contribution in [0.1, 0.15) is 233 Å². The van der Waals surface area contributed by atoms with Gasteiger partial charge >= 0.3 is 13.8 Å². The first-order chi connectivity index (χ1) is 35.9. The summed E-state index contributed by atoms with van der Waals surface area (Å²) in [7, 11) is 1.44. The van der Waals surface area contributed by atoms with Gasteiger partial charge in [0.15, 0.2) is 0 Å². The lowest BCUT2D eigenvalue weighted by atomic mass is 10.1. The third-order valence-electron chi connectivity index (χ3n) is 12.5. The van der Waals surface area contributed by atoms with E-state index in [4.69, 9.17) is 13.8 Å². The molecule has 3 atom stereocenters. The van der Waals surface area contributed by atoms with E-state index in [0.29, 0.717) is 23.9 Å². The Morgan fingerprint density at radius 2 is 0.878 bits per heavy atom. The van der Waals surface area contributed by atoms with Crippen LogP contribution in [0.15, 0.2) is 109 Å². The Kier molecular flexibility index (Phi) is 50.7. The van der Waals surface area contributed by atoms with Gasteiger partial charge in [0.25, 0.3) is 0 Å². The quantitative estimate of drug-likeness (QED) is 0.0205. The van der Waals surface area contributed by atoms with Gasteiger partial charge < -0.3 is 19.4 Å². The molecule has 0 aromatic carbocycles. The molecule has 0 aliphatic heterocycles. The van der Waals surface area contributed by atoms with Crippen molar-refractivity contribution < 1.29 is 37.3 Å². The molecule has 0 spiro atoms. The molecule has 424 valence electrons. The Morgan fingerprint density at radius 1 is 0.486 bits per heavy atom. The van der Waals surface area contributed by atoms with E-state index in [-0.39, 0.29) is 32.0 Å². The minimum absolute atomic E-state index is 0.0218. The number of carbonyl (C=O) groups excluding carboxylic acids is 2. The van der Waals surface area contributed by atoms with Gasteiger partial charge in [-0.25, -0.2) is 4.57 Å². The SMILES string of the molecule is CC/C=C\C/C=C\C/C=C\C/C=C\C/C=C\C/C=C\CCCCCCC(=O)NC(COP(=O)(O)OCC[N+](C)(C)C)C(/C=C\CCCCCCCCCCCC)OC(=O)CC/C=C/C/C=C\CCCCCCCC. The van der Waals surface area contributed by atoms with Gasteiger partial charge in [0.05, 0.1) is 33.8 Å². The van der Waals surface area contributed by atoms with Crippen LogP contribution in [0.25, 0.3) is 0 Å². The molecule has 0 saturated heterocycles. The molecular formula is C64H112N2O7P+. The number of allylic oxidation sites excluding steroid dienone is 17. The number of esters is 1. The van der Waals surface area contributed by atoms with Crippen LogP contribution in [0.2, 0.25) is 0 Å². The van der Waals surface area contributed by atoms with E-state index in [1.807, 2.05) is 39.4 Å². The third-order valence-corrected chi connectivity index (χ3v) is 13.4. The number of hydrogen-bond donors (Lipinski definition) is 2. The standard InChI is InChI=1S/C64H111N2O7P/c1-7-10-13-16-19-22-25-28-29-30-31-32-33-34-35-36-37-39-41-44-47-50-53-56-63(67)65-61(60-72-74(69,70)71-59-58-66(4,5)6)62(55-52-49-46-43-40-27-24-21-18-15-12-9-3)73-64(68)57-54-51-48-45-42-38-26-23-20-17-14-11-8-2/h10,13,19,22,28-29,31-32,34-35,37-39,42,48,51-52,55,61-62H,7-9,11-12,14-18,20-21,23-27,30,33,36,40-41,43-47,49-50,53-54,56-60H2,1-6H3,(H-,65,67,69,70)/p+1/b13-10-,22-19-,29-28-,32-31-,35-34-,39-37-,42-38-,51-48+,55-52-. The molecule has 0 radical (unpaired) electrons. The van der Waals surface area contributed by atoms with Crippen LogP contribution in [-0.2, 0) is 27.9 Å². The van der Waals surface area contributed by atoms with Crippen LogP contribution in [0.4, 0.5) is 0 Å². The third kappa shape index (κ3) is 53.5. The molecule has 1 amide bonds. The van der Waals surface area contributed by atoms with E-state index in [1.54, 1.807) is 0 Å². The fraction of sp³-hybridized carbons (Fsp3) is 0.688. The van der Waals surface area contributed by atoms with Crippen LogP contribution in [0.5, 0.6) is 0 Å². The zero-order valence-corrected chi connectivity index (χ0v) is 49.2. The van der Waals surface area contributed by atoms with Gasteiger partial charge in [-0.2, -0.15) is 0 Å². The molecular weight excluding hydrogens is 940 g/mol. The van der Waals surface area contributed by atoms with Gasteiger partial charge in [-0.05, 0) is 102 Å². The summed E-state index contributed by atoms with van der Waals surface area (Å²) in [6.45, 7) is 6.81. The maximum absolute atomic E-state index is 13.5. The predicted molar refractivity (Wildman–Crippen MR) is 318 cm³/mol. The van der Waals surface area contributed by atoms with E-state index in [0.717, 1.165) is 96.3 Å². The molecule has 0 heterocycles. The predicted octanol–water partition coefficient (Wildman–Crippen LogP) is 18.2. The average Bonchev–Trinajstić information content (AvgIpc) is 3.36. The largest absolute Gasteiger partial charge is 0.472 e. The fourth-order valence-corrected chi connectivity index (χ4v) is 8.61. The Hall–Kier alpha value is -3.33. The Balaban J connectivity index is 5.37. The lowest BCUT2D eigenvalue weighted by molar-refractivity contribution is -0.870. The van der Waals surface area contributed by atoms with Gasteiger partial charge in [-0.15, -0.1) is 0 Å². The summed E-state index contributed by atoms with van der Waals surface area (Å²) in [6, 6.07) is -0.890. The molecule has 0 rings (SSSR count). The summed E-state index contributed by atoms with van der Waals surface area (Å²) in [5.41, 5.74) is 0. The molecule has 2 N–H and O–H groups in total. The number of rotatable bonds is 52. The normalized spacial score (nSPS) is 14.5. The number of phosphoric ester groups is 1. The lowest BCUT2D eigenvalue weighted by Gasteiger charge is -2.27. The number of ether oxygens (including phenoxy) is 1. The first kappa shape index (κ1) is 70.7. The highest BCUT2D eigenvalue weighted by molar-refractivity contribution is 7.47. The van der Waals surface area contributed by atoms with Crippen LogP contribution in [0.3, 0.4) is 0 Å². The first-order valence-corrected chi connectivity index (χ1v) is 31.2. The van der Waals surface area contributed by atoms with Crippen molar-refractivity contribution in [3.8, 4) is 0 Å². The van der Waals surface area contributed by atoms with Gasteiger partial charge in [0, 0.05) is 12.8 Å². The van der Waals surface area contributed by atoms with Gasteiger partial charge in [0.1, 0.15) is 19.3 Å². The highest BCUT2D eigenvalue weighted by Crippen LogP contribution is 2.43. The number of likely N-dealkylation sites (N-methyl/N-ethyl adjacent to an activating group) is 1. The van der Waals surface area contributed by atoms with Crippen LogP contribution >= 0.6 is 7.82 Å². The number of phosphoric acid groups is 1. The van der Waals surface area contributed by atoms with E-state index in [9.17, 15) is 19.0 Å². The monoisotopic (exact) mass is 1050 g/mol. The Bertz CT molecular complexity index is 1640. The summed E-state index contributed by atoms with van der Waals surface area (Å²) < 4.78 is 30.5. The van der Waals surface area contributed by atoms with E-state index in [1.165, 1.54) is 89.9 Å². The zero-order valence-electron chi connectivity index (χ0n) is 48.3. The number of nitrogens with one attached hydrogen (secondary N) is 1. The van der Waals surface area contributed by atoms with Crippen molar-refractivity contribution in [1.82, 2.24) is 5.32 Å². The number of carbonyl (C=O) groups is 2. The highest BCUT2D eigenvalue weighted by Gasteiger charge is 2.30. The Morgan fingerprint density at radius 3 is 1.32 bits per heavy atom. The molecule has 3 unspecified atom stereocenters. The molecule has 0 aliphatic carbocycles. The van der Waals surface area contributed by atoms with Crippen LogP contribution < -0.4 is 5.32 Å². The number of hydrogen-bond acceptors (Lipinski definition) is 6. The summed E-state index contributed by atoms with van der Waals surface area (Å²) in [5, 5.41) is 3.02. The van der Waals surface area contributed by atoms with E-state index < -0.39 is 25.9 Å². The molecule has 0 aliphatic rings. The average molecular weight is 1050 g/mol. The van der Waals surface area contributed by atoms with Crippen molar-refractivity contribution >= 4 is 19.7 Å². The minimum atomic E-state index is -4.47. The minimum Gasteiger partial charge on any atom is -0.456 e. The maximum Gasteiger partial charge on any atom is 0.472 e. The second-order valence-electron chi connectivity index (χ2n) is 20.8. The lowest BCUT2D eigenvalue weighted by Crippen LogP contribution is -2.47. The molecule has 74 heavy (non-hydrogen) atoms. The second kappa shape index (κ2) is 53.1. The molecule has 0 aromatic heterocycles. The topological polar surface area (TPSA) is 111 Å². The molecule has 0 saturated carbocycles. The molecule has 0 bridgehead atoms. The second-order valence-corrected chi connectivity index (χ2v) is 22.2. The van der Waals surface area contributed by atoms with E-state index in [2.05, 4.69) is 117 Å². The van der Waals surface area contributed by atoms with Gasteiger partial charge in [-0.1, -0.05) is 227 Å². The van der Waals surface area contributed by atoms with Crippen molar-refractivity contribution in [3.05, 3.63) is 109 Å². The first-order valence-electron chi connectivity index (χ1n) is 29.7.